The summed E-state index contributed by atoms with van der Waals surface area (Å²) < 4.78 is 0. The number of rotatable bonds is 10. The minimum Gasteiger partial charge on any atom is -0.141 e. The van der Waals surface area contributed by atoms with Crippen molar-refractivity contribution in [1.29, 1.82) is 0 Å². The Morgan fingerprint density at radius 2 is 0.946 bits per heavy atom. The highest BCUT2D eigenvalue weighted by Crippen LogP contribution is 2.60. The number of hydrogen-bond donors (Lipinski definition) is 0. The Hall–Kier alpha value is -2.46. The second-order valence-electron chi connectivity index (χ2n) is 10.3. The molecule has 37 heavy (non-hydrogen) atoms. The predicted molar refractivity (Wildman–Crippen MR) is 170 cm³/mol. The number of aryl methyl sites for hydroxylation is 2. The molecule has 0 saturated carbocycles. The number of allylic oxidation sites excluding steroid dienone is 2. The fourth-order valence-corrected chi connectivity index (χ4v) is 15.2. The SMILES string of the molecule is CCCC[Si]1(CCCC)C(c2ccc(C)s2)=C(c2ccccc2)C(c2ccccc2)=C1c1ccc(C)s1. The van der Waals surface area contributed by atoms with E-state index in [1.807, 2.05) is 22.7 Å². The molecule has 0 atom stereocenters. The molecule has 1 aliphatic rings. The van der Waals surface area contributed by atoms with Gasteiger partial charge in [0.2, 0.25) is 0 Å². The molecule has 0 unspecified atom stereocenters. The zero-order chi connectivity index (χ0) is 25.8. The minimum atomic E-state index is -2.10. The zero-order valence-electron chi connectivity index (χ0n) is 22.6. The van der Waals surface area contributed by atoms with Gasteiger partial charge in [0.05, 0.1) is 0 Å². The van der Waals surface area contributed by atoms with Crippen molar-refractivity contribution < 1.29 is 0 Å². The van der Waals surface area contributed by atoms with E-state index in [2.05, 4.69) is 113 Å². The molecule has 0 fully saturated rings. The van der Waals surface area contributed by atoms with Gasteiger partial charge < -0.3 is 0 Å². The van der Waals surface area contributed by atoms with Gasteiger partial charge in [0.1, 0.15) is 8.07 Å². The maximum atomic E-state index is 2.43. The summed E-state index contributed by atoms with van der Waals surface area (Å²) in [6.07, 6.45) is 5.08. The third kappa shape index (κ3) is 5.02. The van der Waals surface area contributed by atoms with Gasteiger partial charge in [0.15, 0.2) is 0 Å². The van der Waals surface area contributed by atoms with Crippen LogP contribution >= 0.6 is 22.7 Å². The summed E-state index contributed by atoms with van der Waals surface area (Å²) in [5.41, 5.74) is 5.76. The first kappa shape index (κ1) is 26.2. The first-order valence-electron chi connectivity index (χ1n) is 13.8. The predicted octanol–water partition coefficient (Wildman–Crippen LogP) is 11.1. The normalized spacial score (nSPS) is 15.1. The maximum Gasteiger partial charge on any atom is 0.123 e. The third-order valence-electron chi connectivity index (χ3n) is 7.72. The number of benzene rings is 2. The quantitative estimate of drug-likeness (QED) is 0.176. The summed E-state index contributed by atoms with van der Waals surface area (Å²) in [6, 6.07) is 34.8. The first-order chi connectivity index (χ1) is 18.1. The minimum absolute atomic E-state index is 1.25. The molecule has 1 aliphatic heterocycles. The summed E-state index contributed by atoms with van der Waals surface area (Å²) in [5, 5.41) is 3.41. The average molecular weight is 539 g/mol. The molecule has 5 rings (SSSR count). The summed E-state index contributed by atoms with van der Waals surface area (Å²) in [4.78, 5) is 5.83. The molecular weight excluding hydrogens is 501 g/mol. The van der Waals surface area contributed by atoms with Crippen LogP contribution in [0.1, 0.15) is 70.2 Å². The first-order valence-corrected chi connectivity index (χ1v) is 17.9. The smallest absolute Gasteiger partial charge is 0.123 e. The van der Waals surface area contributed by atoms with Crippen molar-refractivity contribution in [2.75, 3.05) is 0 Å². The summed E-state index contributed by atoms with van der Waals surface area (Å²) in [6.45, 7) is 9.26. The lowest BCUT2D eigenvalue weighted by atomic mass is 9.91. The molecule has 2 aromatic carbocycles. The molecule has 0 nitrogen and oxygen atoms in total. The Labute approximate surface area is 232 Å². The lowest BCUT2D eigenvalue weighted by Gasteiger charge is -2.34. The van der Waals surface area contributed by atoms with Crippen LogP contribution in [0.2, 0.25) is 12.1 Å². The van der Waals surface area contributed by atoms with Crippen LogP contribution in [0.4, 0.5) is 0 Å². The maximum absolute atomic E-state index is 2.43. The van der Waals surface area contributed by atoms with Crippen LogP contribution in [0.25, 0.3) is 21.5 Å². The highest BCUT2D eigenvalue weighted by Gasteiger charge is 2.50. The van der Waals surface area contributed by atoms with Gasteiger partial charge in [-0.3, -0.25) is 0 Å². The fraction of sp³-hybridized carbons (Fsp3) is 0.294. The van der Waals surface area contributed by atoms with E-state index in [-0.39, 0.29) is 0 Å². The lowest BCUT2D eigenvalue weighted by Crippen LogP contribution is -2.36. The number of hydrogen-bond acceptors (Lipinski definition) is 2. The summed E-state index contributed by atoms with van der Waals surface area (Å²) >= 11 is 4.01. The van der Waals surface area contributed by atoms with E-state index < -0.39 is 8.07 Å². The average Bonchev–Trinajstić information content (AvgIpc) is 3.62. The molecule has 0 radical (unpaired) electrons. The molecular formula is C34H38S2Si. The number of thiophene rings is 2. The monoisotopic (exact) mass is 538 g/mol. The van der Waals surface area contributed by atoms with Crippen LogP contribution in [0, 0.1) is 13.8 Å². The highest BCUT2D eigenvalue weighted by molar-refractivity contribution is 7.24. The van der Waals surface area contributed by atoms with Crippen LogP contribution in [-0.2, 0) is 0 Å². The van der Waals surface area contributed by atoms with Crippen LogP contribution in [0.5, 0.6) is 0 Å². The van der Waals surface area contributed by atoms with Crippen molar-refractivity contribution in [3.8, 4) is 0 Å². The van der Waals surface area contributed by atoms with Crippen molar-refractivity contribution in [3.63, 3.8) is 0 Å². The van der Waals surface area contributed by atoms with Gasteiger partial charge >= 0.3 is 0 Å². The number of unbranched alkanes of at least 4 members (excludes halogenated alkanes) is 2. The van der Waals surface area contributed by atoms with Gasteiger partial charge in [-0.2, -0.15) is 0 Å². The molecule has 0 bridgehead atoms. The van der Waals surface area contributed by atoms with E-state index in [1.54, 1.807) is 10.4 Å². The summed E-state index contributed by atoms with van der Waals surface area (Å²) in [7, 11) is -2.10. The Bertz CT molecular complexity index is 1290. The zero-order valence-corrected chi connectivity index (χ0v) is 25.3. The van der Waals surface area contributed by atoms with E-state index in [9.17, 15) is 0 Å². The molecule has 3 heterocycles. The second-order valence-corrected chi connectivity index (χ2v) is 17.1. The second kappa shape index (κ2) is 11.5. The molecule has 3 heteroatoms. The van der Waals surface area contributed by atoms with Crippen molar-refractivity contribution in [2.45, 2.75) is 65.5 Å². The van der Waals surface area contributed by atoms with Crippen LogP contribution in [-0.4, -0.2) is 8.07 Å². The fourth-order valence-electron chi connectivity index (χ4n) is 6.08. The van der Waals surface area contributed by atoms with Crippen LogP contribution < -0.4 is 0 Å². The molecule has 190 valence electrons. The lowest BCUT2D eigenvalue weighted by molar-refractivity contribution is 0.839. The molecule has 0 aliphatic carbocycles. The standard InChI is InChI=1S/C34H38S2Si/c1-5-7-23-37(24-8-6-2)33(29-21-19-25(3)35-29)31(27-15-11-9-12-16-27)32(28-17-13-10-14-18-28)34(37)30-22-20-26(4)36-30/h9-22H,5-8,23-24H2,1-4H3. The van der Waals surface area contributed by atoms with Crippen molar-refractivity contribution in [2.24, 2.45) is 0 Å². The van der Waals surface area contributed by atoms with Gasteiger partial charge in [-0.25, -0.2) is 0 Å². The van der Waals surface area contributed by atoms with Crippen molar-refractivity contribution in [3.05, 3.63) is 116 Å². The van der Waals surface area contributed by atoms with Gasteiger partial charge in [-0.15, -0.1) is 22.7 Å². The molecule has 0 amide bonds. The van der Waals surface area contributed by atoms with E-state index in [0.717, 1.165) is 0 Å². The molecule has 0 N–H and O–H groups in total. The Morgan fingerprint density at radius 1 is 0.541 bits per heavy atom. The van der Waals surface area contributed by atoms with Gasteiger partial charge in [-0.05, 0) is 82.9 Å². The highest BCUT2D eigenvalue weighted by atomic mass is 32.1. The molecule has 0 saturated heterocycles. The third-order valence-corrected chi connectivity index (χ3v) is 15.5. The van der Waals surface area contributed by atoms with Gasteiger partial charge in [-0.1, -0.05) is 100 Å². The van der Waals surface area contributed by atoms with Crippen LogP contribution in [0.15, 0.2) is 84.9 Å². The van der Waals surface area contributed by atoms with E-state index in [1.165, 1.54) is 79.6 Å². The van der Waals surface area contributed by atoms with Gasteiger partial charge in [0.25, 0.3) is 0 Å². The van der Waals surface area contributed by atoms with E-state index in [0.29, 0.717) is 0 Å². The van der Waals surface area contributed by atoms with Crippen LogP contribution in [0.3, 0.4) is 0 Å². The van der Waals surface area contributed by atoms with Crippen molar-refractivity contribution in [1.82, 2.24) is 0 Å². The molecule has 0 spiro atoms. The Kier molecular flexibility index (Phi) is 8.14. The summed E-state index contributed by atoms with van der Waals surface area (Å²) in [5.74, 6) is 0. The van der Waals surface area contributed by atoms with Crippen molar-refractivity contribution >= 4 is 52.3 Å². The largest absolute Gasteiger partial charge is 0.141 e. The topological polar surface area (TPSA) is 0 Å². The Morgan fingerprint density at radius 3 is 1.27 bits per heavy atom. The van der Waals surface area contributed by atoms with Gasteiger partial charge in [0, 0.05) is 19.5 Å². The van der Waals surface area contributed by atoms with E-state index in [4.69, 9.17) is 0 Å². The Balaban J connectivity index is 1.95. The van der Waals surface area contributed by atoms with E-state index >= 15 is 0 Å². The molecule has 2 aromatic heterocycles. The molecule has 4 aromatic rings.